The van der Waals surface area contributed by atoms with Crippen LogP contribution in [0.25, 0.3) is 0 Å². The predicted molar refractivity (Wildman–Crippen MR) is 51.2 cm³/mol. The van der Waals surface area contributed by atoms with Gasteiger partial charge in [0.15, 0.2) is 0 Å². The largest absolute Gasteiger partial charge is 0.330 e. The molecule has 12 heavy (non-hydrogen) atoms. The summed E-state index contributed by atoms with van der Waals surface area (Å²) in [6.07, 6.45) is 6.60. The molecule has 0 amide bonds. The molecule has 0 atom stereocenters. The standard InChI is InChI=1S/C9H13ClN2/c10-9-7-12-6-4-8(9)3-1-2-5-11/h4,6-7H,1-3,5,11H2. The summed E-state index contributed by atoms with van der Waals surface area (Å²) in [6, 6.07) is 1.96. The molecule has 2 nitrogen and oxygen atoms in total. The van der Waals surface area contributed by atoms with Gasteiger partial charge in [0.1, 0.15) is 0 Å². The first-order valence-electron chi connectivity index (χ1n) is 4.13. The zero-order valence-corrected chi connectivity index (χ0v) is 7.72. The normalized spacial score (nSPS) is 10.2. The van der Waals surface area contributed by atoms with Crippen LogP contribution in [0.4, 0.5) is 0 Å². The Balaban J connectivity index is 2.46. The second-order valence-electron chi connectivity index (χ2n) is 2.71. The van der Waals surface area contributed by atoms with Crippen molar-refractivity contribution in [3.8, 4) is 0 Å². The summed E-state index contributed by atoms with van der Waals surface area (Å²) in [6.45, 7) is 0.753. The molecule has 1 aromatic rings. The van der Waals surface area contributed by atoms with E-state index >= 15 is 0 Å². The maximum atomic E-state index is 5.91. The summed E-state index contributed by atoms with van der Waals surface area (Å²) in [5.74, 6) is 0. The molecular weight excluding hydrogens is 172 g/mol. The van der Waals surface area contributed by atoms with Crippen LogP contribution in [0.2, 0.25) is 5.02 Å². The smallest absolute Gasteiger partial charge is 0.0621 e. The lowest BCUT2D eigenvalue weighted by molar-refractivity contribution is 0.744. The van der Waals surface area contributed by atoms with Gasteiger partial charge in [-0.1, -0.05) is 11.6 Å². The van der Waals surface area contributed by atoms with Crippen LogP contribution in [0.5, 0.6) is 0 Å². The molecule has 1 heterocycles. The van der Waals surface area contributed by atoms with Crippen LogP contribution in [0.1, 0.15) is 18.4 Å². The van der Waals surface area contributed by atoms with Gasteiger partial charge >= 0.3 is 0 Å². The summed E-state index contributed by atoms with van der Waals surface area (Å²) in [5, 5.41) is 0.759. The first kappa shape index (κ1) is 9.49. The molecule has 1 rings (SSSR count). The number of hydrogen-bond donors (Lipinski definition) is 1. The van der Waals surface area contributed by atoms with E-state index in [9.17, 15) is 0 Å². The zero-order valence-electron chi connectivity index (χ0n) is 6.96. The molecule has 0 aliphatic rings. The molecule has 1 aromatic heterocycles. The predicted octanol–water partition coefficient (Wildman–Crippen LogP) is 2.02. The Bertz CT molecular complexity index is 238. The van der Waals surface area contributed by atoms with Crippen LogP contribution in [0.15, 0.2) is 18.5 Å². The van der Waals surface area contributed by atoms with Crippen molar-refractivity contribution in [2.24, 2.45) is 5.73 Å². The van der Waals surface area contributed by atoms with Crippen molar-refractivity contribution in [2.45, 2.75) is 19.3 Å². The molecule has 0 radical (unpaired) electrons. The van der Waals surface area contributed by atoms with Crippen molar-refractivity contribution in [3.63, 3.8) is 0 Å². The third kappa shape index (κ3) is 2.80. The summed E-state index contributed by atoms with van der Waals surface area (Å²) in [7, 11) is 0. The monoisotopic (exact) mass is 184 g/mol. The molecule has 0 saturated heterocycles. The summed E-state index contributed by atoms with van der Waals surface area (Å²) in [4.78, 5) is 3.92. The molecule has 66 valence electrons. The number of nitrogens with two attached hydrogens (primary N) is 1. The van der Waals surface area contributed by atoms with Crippen molar-refractivity contribution in [1.82, 2.24) is 4.98 Å². The minimum atomic E-state index is 0.753. The molecule has 3 heteroatoms. The van der Waals surface area contributed by atoms with E-state index in [-0.39, 0.29) is 0 Å². The average molecular weight is 185 g/mol. The Morgan fingerprint density at radius 3 is 2.92 bits per heavy atom. The number of halogens is 1. The second-order valence-corrected chi connectivity index (χ2v) is 3.12. The van der Waals surface area contributed by atoms with Crippen molar-refractivity contribution >= 4 is 11.6 Å². The second kappa shape index (κ2) is 5.12. The van der Waals surface area contributed by atoms with Crippen molar-refractivity contribution in [2.75, 3.05) is 6.54 Å². The third-order valence-corrected chi connectivity index (χ3v) is 2.10. The van der Waals surface area contributed by atoms with Crippen LogP contribution in [0.3, 0.4) is 0 Å². The molecule has 0 aliphatic carbocycles. The van der Waals surface area contributed by atoms with Gasteiger partial charge in [0.05, 0.1) is 5.02 Å². The quantitative estimate of drug-likeness (QED) is 0.728. The van der Waals surface area contributed by atoms with E-state index < -0.39 is 0 Å². The van der Waals surface area contributed by atoms with Gasteiger partial charge in [0.25, 0.3) is 0 Å². The molecule has 0 saturated carbocycles. The lowest BCUT2D eigenvalue weighted by Gasteiger charge is -2.01. The first-order valence-corrected chi connectivity index (χ1v) is 4.51. The van der Waals surface area contributed by atoms with Gasteiger partial charge in [-0.2, -0.15) is 0 Å². The van der Waals surface area contributed by atoms with Crippen molar-refractivity contribution in [3.05, 3.63) is 29.0 Å². The number of aryl methyl sites for hydroxylation is 1. The lowest BCUT2D eigenvalue weighted by Crippen LogP contribution is -1.99. The topological polar surface area (TPSA) is 38.9 Å². The van der Waals surface area contributed by atoms with E-state index in [1.165, 1.54) is 5.56 Å². The van der Waals surface area contributed by atoms with Crippen LogP contribution >= 0.6 is 11.6 Å². The third-order valence-electron chi connectivity index (χ3n) is 1.76. The fourth-order valence-electron chi connectivity index (χ4n) is 1.07. The summed E-state index contributed by atoms with van der Waals surface area (Å²) < 4.78 is 0. The van der Waals surface area contributed by atoms with E-state index in [2.05, 4.69) is 4.98 Å². The van der Waals surface area contributed by atoms with Crippen LogP contribution in [0, 0.1) is 0 Å². The zero-order chi connectivity index (χ0) is 8.81. The Labute approximate surface area is 77.8 Å². The molecular formula is C9H13ClN2. The highest BCUT2D eigenvalue weighted by Gasteiger charge is 1.97. The molecule has 2 N–H and O–H groups in total. The van der Waals surface area contributed by atoms with Gasteiger partial charge in [-0.05, 0) is 37.4 Å². The number of aromatic nitrogens is 1. The van der Waals surface area contributed by atoms with E-state index in [4.69, 9.17) is 17.3 Å². The Kier molecular flexibility index (Phi) is 4.05. The number of rotatable bonds is 4. The lowest BCUT2D eigenvalue weighted by atomic mass is 10.1. The summed E-state index contributed by atoms with van der Waals surface area (Å²) >= 11 is 5.91. The highest BCUT2D eigenvalue weighted by Crippen LogP contribution is 2.15. The molecule has 0 bridgehead atoms. The number of pyridine rings is 1. The molecule has 0 unspecified atom stereocenters. The number of hydrogen-bond acceptors (Lipinski definition) is 2. The van der Waals surface area contributed by atoms with Gasteiger partial charge in [-0.15, -0.1) is 0 Å². The van der Waals surface area contributed by atoms with E-state index in [0.717, 1.165) is 30.8 Å². The fraction of sp³-hybridized carbons (Fsp3) is 0.444. The van der Waals surface area contributed by atoms with E-state index in [0.29, 0.717) is 0 Å². The van der Waals surface area contributed by atoms with E-state index in [1.807, 2.05) is 6.07 Å². The minimum Gasteiger partial charge on any atom is -0.330 e. The Morgan fingerprint density at radius 1 is 1.42 bits per heavy atom. The molecule has 0 spiro atoms. The van der Waals surface area contributed by atoms with E-state index in [1.54, 1.807) is 12.4 Å². The van der Waals surface area contributed by atoms with Gasteiger partial charge < -0.3 is 5.73 Å². The highest BCUT2D eigenvalue weighted by molar-refractivity contribution is 6.31. The van der Waals surface area contributed by atoms with Crippen LogP contribution in [-0.4, -0.2) is 11.5 Å². The van der Waals surface area contributed by atoms with Crippen LogP contribution < -0.4 is 5.73 Å². The maximum absolute atomic E-state index is 5.91. The summed E-state index contributed by atoms with van der Waals surface area (Å²) in [5.41, 5.74) is 6.55. The molecule has 0 fully saturated rings. The van der Waals surface area contributed by atoms with Gasteiger partial charge in [0, 0.05) is 12.4 Å². The SMILES string of the molecule is NCCCCc1ccncc1Cl. The first-order chi connectivity index (χ1) is 5.84. The Morgan fingerprint density at radius 2 is 2.25 bits per heavy atom. The average Bonchev–Trinajstić information content (AvgIpc) is 2.09. The number of nitrogens with zero attached hydrogens (tertiary/aromatic N) is 1. The number of unbranched alkanes of at least 4 members (excludes halogenated alkanes) is 1. The van der Waals surface area contributed by atoms with Gasteiger partial charge in [-0.3, -0.25) is 4.98 Å². The highest BCUT2D eigenvalue weighted by atomic mass is 35.5. The van der Waals surface area contributed by atoms with Crippen molar-refractivity contribution < 1.29 is 0 Å². The van der Waals surface area contributed by atoms with Gasteiger partial charge in [-0.25, -0.2) is 0 Å². The van der Waals surface area contributed by atoms with Crippen molar-refractivity contribution in [1.29, 1.82) is 0 Å². The van der Waals surface area contributed by atoms with Crippen LogP contribution in [-0.2, 0) is 6.42 Å². The minimum absolute atomic E-state index is 0.753. The fourth-order valence-corrected chi connectivity index (χ4v) is 1.28. The Hall–Kier alpha value is -0.600. The van der Waals surface area contributed by atoms with Gasteiger partial charge in [0.2, 0.25) is 0 Å². The molecule has 0 aliphatic heterocycles. The maximum Gasteiger partial charge on any atom is 0.0621 e. The molecule has 0 aromatic carbocycles.